The van der Waals surface area contributed by atoms with Gasteiger partial charge >= 0.3 is 0 Å². The van der Waals surface area contributed by atoms with Crippen LogP contribution in [0.15, 0.2) is 0 Å². The van der Waals surface area contributed by atoms with Crippen molar-refractivity contribution in [3.8, 4) is 0 Å². The largest absolute Gasteiger partial charge is 0.340 e. The average Bonchev–Trinajstić information content (AvgIpc) is 2.78. The van der Waals surface area contributed by atoms with Crippen molar-refractivity contribution in [2.75, 3.05) is 19.6 Å². The van der Waals surface area contributed by atoms with Crippen LogP contribution in [0, 0.1) is 11.8 Å². The third kappa shape index (κ3) is 2.08. The van der Waals surface area contributed by atoms with Crippen LogP contribution in [0.3, 0.4) is 0 Å². The van der Waals surface area contributed by atoms with Crippen LogP contribution < -0.4 is 5.32 Å². The van der Waals surface area contributed by atoms with E-state index in [0.717, 1.165) is 25.6 Å². The molecule has 0 atom stereocenters. The summed E-state index contributed by atoms with van der Waals surface area (Å²) in [6, 6.07) is 0.365. The minimum atomic E-state index is 0.260. The van der Waals surface area contributed by atoms with Crippen LogP contribution in [0.25, 0.3) is 0 Å². The van der Waals surface area contributed by atoms with E-state index in [2.05, 4.69) is 24.1 Å². The molecule has 2 fully saturated rings. The van der Waals surface area contributed by atoms with E-state index in [4.69, 9.17) is 0 Å². The lowest BCUT2D eigenvalue weighted by molar-refractivity contribution is -0.139. The highest BCUT2D eigenvalue weighted by atomic mass is 16.2. The van der Waals surface area contributed by atoms with Crippen LogP contribution in [-0.4, -0.2) is 36.5 Å². The van der Waals surface area contributed by atoms with E-state index in [-0.39, 0.29) is 5.92 Å². The van der Waals surface area contributed by atoms with Crippen molar-refractivity contribution in [2.24, 2.45) is 11.8 Å². The normalized spacial score (nSPS) is 22.2. The maximum Gasteiger partial charge on any atom is 0.228 e. The SMILES string of the molecule is CC(C)N(CC1CC1)C(=O)C1CNC1. The van der Waals surface area contributed by atoms with Crippen molar-refractivity contribution in [3.63, 3.8) is 0 Å². The Kier molecular flexibility index (Phi) is 2.77. The predicted octanol–water partition coefficient (Wildman–Crippen LogP) is 0.853. The monoisotopic (exact) mass is 196 g/mol. The van der Waals surface area contributed by atoms with Gasteiger partial charge in [-0.2, -0.15) is 0 Å². The van der Waals surface area contributed by atoms with Crippen LogP contribution in [0.4, 0.5) is 0 Å². The van der Waals surface area contributed by atoms with Crippen molar-refractivity contribution in [1.29, 1.82) is 0 Å². The molecule has 0 unspecified atom stereocenters. The number of carbonyl (C=O) groups excluding carboxylic acids is 1. The van der Waals surface area contributed by atoms with Gasteiger partial charge in [-0.1, -0.05) is 0 Å². The van der Waals surface area contributed by atoms with Crippen LogP contribution in [0.5, 0.6) is 0 Å². The van der Waals surface area contributed by atoms with Gasteiger partial charge in [-0.25, -0.2) is 0 Å². The molecule has 1 aliphatic heterocycles. The Bertz CT molecular complexity index is 219. The van der Waals surface area contributed by atoms with Crippen molar-refractivity contribution in [1.82, 2.24) is 10.2 Å². The summed E-state index contributed by atoms with van der Waals surface area (Å²) < 4.78 is 0. The minimum Gasteiger partial charge on any atom is -0.340 e. The van der Waals surface area contributed by atoms with E-state index in [1.165, 1.54) is 12.8 Å². The zero-order chi connectivity index (χ0) is 10.1. The lowest BCUT2D eigenvalue weighted by Crippen LogP contribution is -2.53. The number of carbonyl (C=O) groups is 1. The minimum absolute atomic E-state index is 0.260. The first kappa shape index (κ1) is 9.97. The molecule has 0 spiro atoms. The topological polar surface area (TPSA) is 32.3 Å². The summed E-state index contributed by atoms with van der Waals surface area (Å²) in [5.41, 5.74) is 0. The molecule has 14 heavy (non-hydrogen) atoms. The molecule has 1 aliphatic carbocycles. The third-order valence-electron chi connectivity index (χ3n) is 3.19. The second-order valence-electron chi connectivity index (χ2n) is 4.88. The lowest BCUT2D eigenvalue weighted by Gasteiger charge is -2.34. The molecule has 0 bridgehead atoms. The molecule has 1 N–H and O–H groups in total. The van der Waals surface area contributed by atoms with E-state index in [9.17, 15) is 4.79 Å². The molecule has 2 rings (SSSR count). The summed E-state index contributed by atoms with van der Waals surface area (Å²) >= 11 is 0. The molecule has 2 aliphatic rings. The Morgan fingerprint density at radius 1 is 1.43 bits per heavy atom. The van der Waals surface area contributed by atoms with Gasteiger partial charge in [-0.05, 0) is 32.6 Å². The molecule has 1 amide bonds. The van der Waals surface area contributed by atoms with Crippen LogP contribution in [0.1, 0.15) is 26.7 Å². The van der Waals surface area contributed by atoms with Gasteiger partial charge in [0.1, 0.15) is 0 Å². The molecule has 3 heteroatoms. The smallest absolute Gasteiger partial charge is 0.228 e. The van der Waals surface area contributed by atoms with Crippen molar-refractivity contribution >= 4 is 5.91 Å². The summed E-state index contributed by atoms with van der Waals surface area (Å²) in [6.45, 7) is 6.99. The van der Waals surface area contributed by atoms with Gasteiger partial charge < -0.3 is 10.2 Å². The van der Waals surface area contributed by atoms with E-state index < -0.39 is 0 Å². The Labute approximate surface area is 85.8 Å². The Balaban J connectivity index is 1.89. The molecular weight excluding hydrogens is 176 g/mol. The summed E-state index contributed by atoms with van der Waals surface area (Å²) in [4.78, 5) is 14.1. The number of nitrogens with one attached hydrogen (secondary N) is 1. The second kappa shape index (κ2) is 3.89. The van der Waals surface area contributed by atoms with Gasteiger partial charge in [0.05, 0.1) is 5.92 Å². The van der Waals surface area contributed by atoms with Gasteiger partial charge in [-0.15, -0.1) is 0 Å². The molecule has 0 aromatic heterocycles. The van der Waals surface area contributed by atoms with Crippen molar-refractivity contribution < 1.29 is 4.79 Å². The quantitative estimate of drug-likeness (QED) is 0.723. The maximum absolute atomic E-state index is 12.0. The van der Waals surface area contributed by atoms with Crippen molar-refractivity contribution in [2.45, 2.75) is 32.7 Å². The third-order valence-corrected chi connectivity index (χ3v) is 3.19. The fourth-order valence-electron chi connectivity index (χ4n) is 1.83. The summed E-state index contributed by atoms with van der Waals surface area (Å²) in [5, 5.41) is 3.16. The Morgan fingerprint density at radius 2 is 2.07 bits per heavy atom. The highest BCUT2D eigenvalue weighted by molar-refractivity contribution is 5.80. The average molecular weight is 196 g/mol. The van der Waals surface area contributed by atoms with E-state index >= 15 is 0 Å². The number of hydrogen-bond acceptors (Lipinski definition) is 2. The van der Waals surface area contributed by atoms with E-state index in [1.807, 2.05) is 0 Å². The Hall–Kier alpha value is -0.570. The summed E-state index contributed by atoms with van der Waals surface area (Å²) in [6.07, 6.45) is 2.64. The number of nitrogens with zero attached hydrogens (tertiary/aromatic N) is 1. The summed E-state index contributed by atoms with van der Waals surface area (Å²) in [7, 11) is 0. The highest BCUT2D eigenvalue weighted by Crippen LogP contribution is 2.30. The van der Waals surface area contributed by atoms with Gasteiger partial charge in [0.2, 0.25) is 5.91 Å². The molecular formula is C11H20N2O. The predicted molar refractivity (Wildman–Crippen MR) is 55.9 cm³/mol. The van der Waals surface area contributed by atoms with E-state index in [0.29, 0.717) is 11.9 Å². The molecule has 1 saturated heterocycles. The fraction of sp³-hybridized carbons (Fsp3) is 0.909. The molecule has 0 aromatic rings. The van der Waals surface area contributed by atoms with Gasteiger partial charge in [0, 0.05) is 25.7 Å². The standard InChI is InChI=1S/C11H20N2O/c1-8(2)13(7-9-3-4-9)11(14)10-5-12-6-10/h8-10,12H,3-7H2,1-2H3. The number of hydrogen-bond donors (Lipinski definition) is 1. The number of rotatable bonds is 4. The zero-order valence-corrected chi connectivity index (χ0v) is 9.12. The van der Waals surface area contributed by atoms with Crippen LogP contribution >= 0.6 is 0 Å². The van der Waals surface area contributed by atoms with Crippen LogP contribution in [0.2, 0.25) is 0 Å². The zero-order valence-electron chi connectivity index (χ0n) is 9.12. The molecule has 0 radical (unpaired) electrons. The highest BCUT2D eigenvalue weighted by Gasteiger charge is 2.33. The van der Waals surface area contributed by atoms with Gasteiger partial charge in [0.15, 0.2) is 0 Å². The van der Waals surface area contributed by atoms with Gasteiger partial charge in [-0.3, -0.25) is 4.79 Å². The second-order valence-corrected chi connectivity index (χ2v) is 4.88. The van der Waals surface area contributed by atoms with E-state index in [1.54, 1.807) is 0 Å². The first-order chi connectivity index (χ1) is 6.68. The lowest BCUT2D eigenvalue weighted by atomic mass is 10.0. The van der Waals surface area contributed by atoms with Crippen LogP contribution in [-0.2, 0) is 4.79 Å². The molecule has 1 saturated carbocycles. The van der Waals surface area contributed by atoms with Gasteiger partial charge in [0.25, 0.3) is 0 Å². The molecule has 80 valence electrons. The first-order valence-electron chi connectivity index (χ1n) is 5.69. The molecule has 3 nitrogen and oxygen atoms in total. The molecule has 1 heterocycles. The fourth-order valence-corrected chi connectivity index (χ4v) is 1.83. The Morgan fingerprint density at radius 3 is 2.43 bits per heavy atom. The molecule has 0 aromatic carbocycles. The van der Waals surface area contributed by atoms with Crippen molar-refractivity contribution in [3.05, 3.63) is 0 Å². The maximum atomic E-state index is 12.0. The first-order valence-corrected chi connectivity index (χ1v) is 5.69. The number of amides is 1. The summed E-state index contributed by atoms with van der Waals surface area (Å²) in [5.74, 6) is 1.43.